The van der Waals surface area contributed by atoms with Crippen LogP contribution in [0.25, 0.3) is 5.69 Å². The molecule has 0 aliphatic carbocycles. The van der Waals surface area contributed by atoms with E-state index in [1.54, 1.807) is 6.92 Å². The Labute approximate surface area is 99.8 Å². The molecule has 0 atom stereocenters. The Morgan fingerprint density at radius 3 is 2.59 bits per heavy atom. The van der Waals surface area contributed by atoms with Crippen molar-refractivity contribution in [1.29, 1.82) is 0 Å². The molecule has 0 bridgehead atoms. The number of halogens is 4. The van der Waals surface area contributed by atoms with Gasteiger partial charge in [0.2, 0.25) is 0 Å². The van der Waals surface area contributed by atoms with Crippen molar-refractivity contribution < 1.29 is 13.2 Å². The van der Waals surface area contributed by atoms with Crippen LogP contribution in [0.1, 0.15) is 11.1 Å². The molecule has 0 fully saturated rings. The summed E-state index contributed by atoms with van der Waals surface area (Å²) in [6.07, 6.45) is -1.23. The van der Waals surface area contributed by atoms with Gasteiger partial charge in [-0.2, -0.15) is 18.3 Å². The van der Waals surface area contributed by atoms with Crippen LogP contribution in [0.2, 0.25) is 5.15 Å². The molecule has 2 aromatic heterocycles. The normalized spacial score (nSPS) is 11.8. The Morgan fingerprint density at radius 2 is 2.00 bits per heavy atom. The molecule has 2 heterocycles. The first kappa shape index (κ1) is 11.9. The average molecular weight is 262 g/mol. The molecule has 0 saturated carbocycles. The molecule has 0 aromatic carbocycles. The maximum absolute atomic E-state index is 12.4. The summed E-state index contributed by atoms with van der Waals surface area (Å²) in [7, 11) is 0. The van der Waals surface area contributed by atoms with Crippen LogP contribution in [0.4, 0.5) is 13.2 Å². The van der Waals surface area contributed by atoms with E-state index >= 15 is 0 Å². The zero-order chi connectivity index (χ0) is 12.6. The summed E-state index contributed by atoms with van der Waals surface area (Å²) in [6, 6.07) is 1.46. The van der Waals surface area contributed by atoms with Crippen LogP contribution in [0.5, 0.6) is 0 Å². The molecular weight excluding hydrogens is 255 g/mol. The molecule has 0 unspecified atom stereocenters. The molecular formula is C10H7ClF3N3. The van der Waals surface area contributed by atoms with E-state index in [0.717, 1.165) is 17.1 Å². The Bertz CT molecular complexity index is 548. The van der Waals surface area contributed by atoms with Gasteiger partial charge in [-0.1, -0.05) is 11.6 Å². The lowest BCUT2D eigenvalue weighted by molar-refractivity contribution is -0.137. The van der Waals surface area contributed by atoms with Crippen LogP contribution in [-0.4, -0.2) is 14.8 Å². The van der Waals surface area contributed by atoms with Crippen molar-refractivity contribution in [3.8, 4) is 5.69 Å². The summed E-state index contributed by atoms with van der Waals surface area (Å²) in [5.41, 5.74) is 0.358. The maximum atomic E-state index is 12.4. The van der Waals surface area contributed by atoms with Gasteiger partial charge in [-0.15, -0.1) is 0 Å². The van der Waals surface area contributed by atoms with Gasteiger partial charge in [0.1, 0.15) is 5.15 Å². The van der Waals surface area contributed by atoms with Gasteiger partial charge >= 0.3 is 6.18 Å². The van der Waals surface area contributed by atoms with E-state index in [0.29, 0.717) is 11.3 Å². The van der Waals surface area contributed by atoms with Crippen molar-refractivity contribution in [3.63, 3.8) is 0 Å². The molecule has 2 aromatic rings. The minimum Gasteiger partial charge on any atom is -0.244 e. The predicted octanol–water partition coefficient (Wildman–Crippen LogP) is 3.25. The summed E-state index contributed by atoms with van der Waals surface area (Å²) < 4.78 is 38.3. The van der Waals surface area contributed by atoms with Gasteiger partial charge in [0.15, 0.2) is 0 Å². The molecule has 90 valence electrons. The van der Waals surface area contributed by atoms with Crippen molar-refractivity contribution >= 4 is 11.6 Å². The summed E-state index contributed by atoms with van der Waals surface area (Å²) in [5, 5.41) is 3.87. The highest BCUT2D eigenvalue weighted by Crippen LogP contribution is 2.29. The van der Waals surface area contributed by atoms with Gasteiger partial charge in [0.05, 0.1) is 17.4 Å². The molecule has 0 N–H and O–H groups in total. The van der Waals surface area contributed by atoms with E-state index in [9.17, 15) is 13.2 Å². The van der Waals surface area contributed by atoms with Crippen LogP contribution in [0.3, 0.4) is 0 Å². The number of aryl methyl sites for hydroxylation is 1. The highest BCUT2D eigenvalue weighted by molar-refractivity contribution is 6.29. The largest absolute Gasteiger partial charge is 0.419 e. The molecule has 0 amide bonds. The van der Waals surface area contributed by atoms with E-state index in [4.69, 9.17) is 11.6 Å². The molecule has 2 rings (SSSR count). The van der Waals surface area contributed by atoms with Crippen molar-refractivity contribution in [2.45, 2.75) is 13.1 Å². The standard InChI is InChI=1S/C10H7ClF3N3/c1-6-3-15-9(11)2-8(6)17-5-7(4-16-17)10(12,13)14/h2-5H,1H3. The van der Waals surface area contributed by atoms with Crippen molar-refractivity contribution in [1.82, 2.24) is 14.8 Å². The number of nitrogens with zero attached hydrogens (tertiary/aromatic N) is 3. The number of hydrogen-bond acceptors (Lipinski definition) is 2. The second-order valence-electron chi connectivity index (χ2n) is 3.46. The minimum atomic E-state index is -4.40. The number of pyridine rings is 1. The van der Waals surface area contributed by atoms with Crippen LogP contribution in [-0.2, 0) is 6.18 Å². The summed E-state index contributed by atoms with van der Waals surface area (Å²) in [5.74, 6) is 0. The smallest absolute Gasteiger partial charge is 0.244 e. The summed E-state index contributed by atoms with van der Waals surface area (Å²) >= 11 is 5.69. The van der Waals surface area contributed by atoms with Gasteiger partial charge < -0.3 is 0 Å². The van der Waals surface area contributed by atoms with Crippen molar-refractivity contribution in [2.24, 2.45) is 0 Å². The lowest BCUT2D eigenvalue weighted by atomic mass is 10.2. The molecule has 0 saturated heterocycles. The second kappa shape index (κ2) is 4.03. The number of rotatable bonds is 1. The fraction of sp³-hybridized carbons (Fsp3) is 0.200. The fourth-order valence-electron chi connectivity index (χ4n) is 1.34. The highest BCUT2D eigenvalue weighted by Gasteiger charge is 2.32. The lowest BCUT2D eigenvalue weighted by Gasteiger charge is -2.05. The quantitative estimate of drug-likeness (QED) is 0.738. The Hall–Kier alpha value is -1.56. The highest BCUT2D eigenvalue weighted by atomic mass is 35.5. The van der Waals surface area contributed by atoms with Gasteiger partial charge in [0, 0.05) is 18.5 Å². The van der Waals surface area contributed by atoms with E-state index in [-0.39, 0.29) is 5.15 Å². The van der Waals surface area contributed by atoms with Crippen LogP contribution >= 0.6 is 11.6 Å². The molecule has 0 aliphatic heterocycles. The molecule has 0 spiro atoms. The first-order valence-electron chi connectivity index (χ1n) is 4.62. The van der Waals surface area contributed by atoms with Gasteiger partial charge in [-0.05, 0) is 12.5 Å². The lowest BCUT2D eigenvalue weighted by Crippen LogP contribution is -2.03. The van der Waals surface area contributed by atoms with E-state index in [1.807, 2.05) is 0 Å². The summed E-state index contributed by atoms with van der Waals surface area (Å²) in [4.78, 5) is 3.82. The minimum absolute atomic E-state index is 0.203. The third-order valence-corrected chi connectivity index (χ3v) is 2.40. The molecule has 0 aliphatic rings. The van der Waals surface area contributed by atoms with Crippen LogP contribution in [0, 0.1) is 6.92 Å². The molecule has 0 radical (unpaired) electrons. The second-order valence-corrected chi connectivity index (χ2v) is 3.85. The van der Waals surface area contributed by atoms with Crippen LogP contribution < -0.4 is 0 Å². The summed E-state index contributed by atoms with van der Waals surface area (Å²) in [6.45, 7) is 1.72. The van der Waals surface area contributed by atoms with Gasteiger partial charge in [-0.25, -0.2) is 9.67 Å². The molecule has 7 heteroatoms. The van der Waals surface area contributed by atoms with Gasteiger partial charge in [0.25, 0.3) is 0 Å². The first-order valence-corrected chi connectivity index (χ1v) is 5.00. The zero-order valence-corrected chi connectivity index (χ0v) is 9.42. The molecule has 3 nitrogen and oxygen atoms in total. The fourth-order valence-corrected chi connectivity index (χ4v) is 1.49. The van der Waals surface area contributed by atoms with Crippen molar-refractivity contribution in [3.05, 3.63) is 40.9 Å². The number of hydrogen-bond donors (Lipinski definition) is 0. The zero-order valence-electron chi connectivity index (χ0n) is 8.66. The third-order valence-electron chi connectivity index (χ3n) is 2.20. The van der Waals surface area contributed by atoms with Crippen LogP contribution in [0.15, 0.2) is 24.7 Å². The number of alkyl halides is 3. The molecule has 17 heavy (non-hydrogen) atoms. The predicted molar refractivity (Wildman–Crippen MR) is 56.1 cm³/mol. The Balaban J connectivity index is 2.47. The SMILES string of the molecule is Cc1cnc(Cl)cc1-n1cc(C(F)(F)F)cn1. The van der Waals surface area contributed by atoms with E-state index < -0.39 is 11.7 Å². The topological polar surface area (TPSA) is 30.7 Å². The van der Waals surface area contributed by atoms with E-state index in [2.05, 4.69) is 10.1 Å². The Morgan fingerprint density at radius 1 is 1.29 bits per heavy atom. The maximum Gasteiger partial charge on any atom is 0.419 e. The average Bonchev–Trinajstić information content (AvgIpc) is 2.70. The Kier molecular flexibility index (Phi) is 2.82. The van der Waals surface area contributed by atoms with E-state index in [1.165, 1.54) is 12.3 Å². The van der Waals surface area contributed by atoms with Crippen molar-refractivity contribution in [2.75, 3.05) is 0 Å². The first-order chi connectivity index (χ1) is 7.88. The third kappa shape index (κ3) is 2.41. The monoisotopic (exact) mass is 261 g/mol. The van der Waals surface area contributed by atoms with Gasteiger partial charge in [-0.3, -0.25) is 0 Å². The number of aromatic nitrogens is 3.